The number of halogens is 1. The van der Waals surface area contributed by atoms with Crippen LogP contribution in [0.15, 0.2) is 24.3 Å². The lowest BCUT2D eigenvalue weighted by atomic mass is 10.2. The van der Waals surface area contributed by atoms with Gasteiger partial charge in [-0.05, 0) is 31.4 Å². The van der Waals surface area contributed by atoms with Crippen LogP contribution in [0.4, 0.5) is 0 Å². The topological polar surface area (TPSA) is 34.1 Å². The van der Waals surface area contributed by atoms with Crippen LogP contribution >= 0.6 is 22.9 Å². The van der Waals surface area contributed by atoms with Crippen LogP contribution in [-0.2, 0) is 15.6 Å². The number of rotatable bonds is 3. The van der Waals surface area contributed by atoms with E-state index < -0.39 is 9.84 Å². The Bertz CT molecular complexity index is 642. The molecule has 0 unspecified atom stereocenters. The molecule has 1 aromatic heterocycles. The van der Waals surface area contributed by atoms with Gasteiger partial charge >= 0.3 is 0 Å². The van der Waals surface area contributed by atoms with Crippen LogP contribution in [0.1, 0.15) is 18.7 Å². The molecule has 2 aromatic rings. The van der Waals surface area contributed by atoms with E-state index >= 15 is 0 Å². The molecule has 0 saturated carbocycles. The smallest absolute Gasteiger partial charge is 0.157 e. The highest BCUT2D eigenvalue weighted by atomic mass is 35.5. The van der Waals surface area contributed by atoms with Crippen LogP contribution < -0.4 is 0 Å². The van der Waals surface area contributed by atoms with E-state index in [2.05, 4.69) is 0 Å². The summed E-state index contributed by atoms with van der Waals surface area (Å²) in [6.45, 7) is 3.41. The Morgan fingerprint density at radius 2 is 2.06 bits per heavy atom. The van der Waals surface area contributed by atoms with Gasteiger partial charge in [0.15, 0.2) is 9.84 Å². The van der Waals surface area contributed by atoms with E-state index in [0.29, 0.717) is 5.02 Å². The molecule has 2 nitrogen and oxygen atoms in total. The predicted octanol–water partition coefficient (Wildman–Crippen LogP) is 3.88. The van der Waals surface area contributed by atoms with Gasteiger partial charge in [-0.1, -0.05) is 23.7 Å². The minimum absolute atomic E-state index is 0.0976. The summed E-state index contributed by atoms with van der Waals surface area (Å²) >= 11 is 7.52. The Morgan fingerprint density at radius 1 is 1.35 bits per heavy atom. The van der Waals surface area contributed by atoms with Gasteiger partial charge in [-0.2, -0.15) is 0 Å². The van der Waals surface area contributed by atoms with Crippen molar-refractivity contribution >= 4 is 42.9 Å². The van der Waals surface area contributed by atoms with Crippen LogP contribution in [-0.4, -0.2) is 13.7 Å². The molecule has 0 N–H and O–H groups in total. The molecule has 0 aliphatic rings. The Hall–Kier alpha value is -0.580. The predicted molar refractivity (Wildman–Crippen MR) is 74.6 cm³/mol. The normalized spacial score (nSPS) is 12.5. The minimum atomic E-state index is -3.04. The molecule has 0 atom stereocenters. The molecule has 0 radical (unpaired) electrons. The second kappa shape index (κ2) is 4.59. The van der Waals surface area contributed by atoms with E-state index in [-0.39, 0.29) is 11.0 Å². The quantitative estimate of drug-likeness (QED) is 0.859. The summed E-state index contributed by atoms with van der Waals surface area (Å²) in [7, 11) is -3.04. The fourth-order valence-corrected chi connectivity index (χ4v) is 4.21. The van der Waals surface area contributed by atoms with E-state index in [1.54, 1.807) is 13.8 Å². The summed E-state index contributed by atoms with van der Waals surface area (Å²) in [5.41, 5.74) is 0. The van der Waals surface area contributed by atoms with Crippen molar-refractivity contribution in [2.75, 3.05) is 0 Å². The van der Waals surface area contributed by atoms with Gasteiger partial charge in [-0.15, -0.1) is 11.3 Å². The summed E-state index contributed by atoms with van der Waals surface area (Å²) in [5, 5.41) is 1.35. The summed E-state index contributed by atoms with van der Waals surface area (Å²) < 4.78 is 24.6. The lowest BCUT2D eigenvalue weighted by molar-refractivity contribution is 0.587. The van der Waals surface area contributed by atoms with Crippen molar-refractivity contribution in [1.82, 2.24) is 0 Å². The summed E-state index contributed by atoms with van der Waals surface area (Å²) in [6.07, 6.45) is 0. The van der Waals surface area contributed by atoms with Gasteiger partial charge in [0.2, 0.25) is 0 Å². The zero-order valence-electron chi connectivity index (χ0n) is 9.60. The van der Waals surface area contributed by atoms with Gasteiger partial charge in [0, 0.05) is 4.88 Å². The molecule has 1 aromatic carbocycles. The molecule has 0 saturated heterocycles. The van der Waals surface area contributed by atoms with Crippen LogP contribution in [0, 0.1) is 0 Å². The van der Waals surface area contributed by atoms with E-state index in [0.717, 1.165) is 15.0 Å². The van der Waals surface area contributed by atoms with Crippen LogP contribution in [0.3, 0.4) is 0 Å². The highest BCUT2D eigenvalue weighted by Crippen LogP contribution is 2.32. The molecule has 0 fully saturated rings. The molecule has 2 rings (SSSR count). The maximum Gasteiger partial charge on any atom is 0.157 e. The average molecular weight is 289 g/mol. The van der Waals surface area contributed by atoms with Gasteiger partial charge in [0.25, 0.3) is 0 Å². The molecular formula is C12H13ClO2S2. The third kappa shape index (κ3) is 2.64. The zero-order valence-corrected chi connectivity index (χ0v) is 12.0. The SMILES string of the molecule is CC(C)S(=O)(=O)Cc1cc2cccc(Cl)c2s1. The first-order valence-electron chi connectivity index (χ1n) is 5.28. The summed E-state index contributed by atoms with van der Waals surface area (Å²) in [4.78, 5) is 0.849. The lowest BCUT2D eigenvalue weighted by Crippen LogP contribution is -2.15. The Kier molecular flexibility index (Phi) is 3.48. The van der Waals surface area contributed by atoms with Crippen molar-refractivity contribution in [2.45, 2.75) is 24.9 Å². The number of fused-ring (bicyclic) bond motifs is 1. The third-order valence-electron chi connectivity index (χ3n) is 2.61. The molecular weight excluding hydrogens is 276 g/mol. The Balaban J connectivity index is 2.42. The molecule has 1 heterocycles. The van der Waals surface area contributed by atoms with E-state index in [1.165, 1.54) is 11.3 Å². The molecule has 0 bridgehead atoms. The van der Waals surface area contributed by atoms with Gasteiger partial charge in [-0.3, -0.25) is 0 Å². The van der Waals surface area contributed by atoms with Crippen LogP contribution in [0.25, 0.3) is 10.1 Å². The second-order valence-corrected chi connectivity index (χ2v) is 8.33. The second-order valence-electron chi connectivity index (χ2n) is 4.23. The van der Waals surface area contributed by atoms with Gasteiger partial charge in [0.1, 0.15) is 0 Å². The maximum absolute atomic E-state index is 11.8. The van der Waals surface area contributed by atoms with E-state index in [4.69, 9.17) is 11.6 Å². The molecule has 0 amide bonds. The van der Waals surface area contributed by atoms with Crippen LogP contribution in [0.2, 0.25) is 5.02 Å². The monoisotopic (exact) mass is 288 g/mol. The van der Waals surface area contributed by atoms with Crippen LogP contribution in [0.5, 0.6) is 0 Å². The highest BCUT2D eigenvalue weighted by Gasteiger charge is 2.18. The van der Waals surface area contributed by atoms with Gasteiger partial charge in [0.05, 0.1) is 20.7 Å². The molecule has 0 aliphatic carbocycles. The molecule has 17 heavy (non-hydrogen) atoms. The zero-order chi connectivity index (χ0) is 12.6. The minimum Gasteiger partial charge on any atom is -0.228 e. The maximum atomic E-state index is 11.8. The average Bonchev–Trinajstić information content (AvgIpc) is 2.60. The Labute approximate surface area is 110 Å². The number of hydrogen-bond acceptors (Lipinski definition) is 3. The third-order valence-corrected chi connectivity index (χ3v) is 6.55. The standard InChI is InChI=1S/C12H13ClO2S2/c1-8(2)17(14,15)7-10-6-9-4-3-5-11(13)12(9)16-10/h3-6,8H,7H2,1-2H3. The highest BCUT2D eigenvalue weighted by molar-refractivity contribution is 7.91. The Morgan fingerprint density at radius 3 is 2.65 bits per heavy atom. The van der Waals surface area contributed by atoms with Crippen molar-refractivity contribution in [2.24, 2.45) is 0 Å². The number of hydrogen-bond donors (Lipinski definition) is 0. The van der Waals surface area contributed by atoms with Crippen molar-refractivity contribution in [3.63, 3.8) is 0 Å². The van der Waals surface area contributed by atoms with E-state index in [9.17, 15) is 8.42 Å². The first-order chi connectivity index (χ1) is 7.90. The fraction of sp³-hybridized carbons (Fsp3) is 0.333. The number of thiophene rings is 1. The largest absolute Gasteiger partial charge is 0.228 e. The fourth-order valence-electron chi connectivity index (χ4n) is 1.52. The first-order valence-corrected chi connectivity index (χ1v) is 8.19. The summed E-state index contributed by atoms with van der Waals surface area (Å²) in [6, 6.07) is 7.55. The van der Waals surface area contributed by atoms with E-state index in [1.807, 2.05) is 24.3 Å². The van der Waals surface area contributed by atoms with Crippen molar-refractivity contribution < 1.29 is 8.42 Å². The van der Waals surface area contributed by atoms with Crippen molar-refractivity contribution in [1.29, 1.82) is 0 Å². The lowest BCUT2D eigenvalue weighted by Gasteiger charge is -2.04. The van der Waals surface area contributed by atoms with Crippen molar-refractivity contribution in [3.05, 3.63) is 34.2 Å². The van der Waals surface area contributed by atoms with Gasteiger partial charge in [-0.25, -0.2) is 8.42 Å². The summed E-state index contributed by atoms with van der Waals surface area (Å²) in [5.74, 6) is 0.0976. The first kappa shape index (κ1) is 12.9. The molecule has 0 spiro atoms. The number of benzene rings is 1. The molecule has 5 heteroatoms. The van der Waals surface area contributed by atoms with Gasteiger partial charge < -0.3 is 0 Å². The van der Waals surface area contributed by atoms with Crippen molar-refractivity contribution in [3.8, 4) is 0 Å². The molecule has 0 aliphatic heterocycles. The molecule has 92 valence electrons. The number of sulfone groups is 1.